The van der Waals surface area contributed by atoms with E-state index in [1.165, 1.54) is 12.1 Å². The molecule has 2 N–H and O–H groups in total. The number of halogens is 2. The molecule has 0 saturated heterocycles. The smallest absolute Gasteiger partial charge is 0.129 e. The quantitative estimate of drug-likeness (QED) is 0.783. The van der Waals surface area contributed by atoms with E-state index in [0.717, 1.165) is 26.6 Å². The van der Waals surface area contributed by atoms with Gasteiger partial charge in [-0.2, -0.15) is 0 Å². The van der Waals surface area contributed by atoms with Crippen molar-refractivity contribution in [2.45, 2.75) is 13.2 Å². The molecule has 0 amide bonds. The van der Waals surface area contributed by atoms with Gasteiger partial charge in [-0.3, -0.25) is 0 Å². The van der Waals surface area contributed by atoms with E-state index in [1.54, 1.807) is 11.3 Å². The Morgan fingerprint density at radius 2 is 1.76 bits per heavy atom. The van der Waals surface area contributed by atoms with Crippen LogP contribution in [-0.2, 0) is 13.2 Å². The van der Waals surface area contributed by atoms with Crippen molar-refractivity contribution in [1.29, 1.82) is 0 Å². The van der Waals surface area contributed by atoms with E-state index < -0.39 is 11.6 Å². The van der Waals surface area contributed by atoms with Crippen LogP contribution < -0.4 is 10.5 Å². The van der Waals surface area contributed by atoms with Crippen LogP contribution in [-0.4, -0.2) is 0 Å². The fraction of sp³-hybridized carbons (Fsp3) is 0.125. The van der Waals surface area contributed by atoms with Gasteiger partial charge in [0.1, 0.15) is 24.0 Å². The van der Waals surface area contributed by atoms with E-state index in [4.69, 9.17) is 10.5 Å². The molecular formula is C16H13F2NOS. The van der Waals surface area contributed by atoms with Gasteiger partial charge in [0.25, 0.3) is 0 Å². The number of thiophene rings is 1. The van der Waals surface area contributed by atoms with Gasteiger partial charge in [-0.25, -0.2) is 8.78 Å². The highest BCUT2D eigenvalue weighted by Gasteiger charge is 2.12. The van der Waals surface area contributed by atoms with Crippen LogP contribution in [0.2, 0.25) is 0 Å². The molecule has 3 aromatic rings. The Balaban J connectivity index is 1.90. The van der Waals surface area contributed by atoms with Crippen LogP contribution in [0.4, 0.5) is 8.78 Å². The van der Waals surface area contributed by atoms with Crippen LogP contribution >= 0.6 is 11.3 Å². The summed E-state index contributed by atoms with van der Waals surface area (Å²) >= 11 is 1.61. The summed E-state index contributed by atoms with van der Waals surface area (Å²) < 4.78 is 33.0. The maximum atomic E-state index is 13.2. The minimum atomic E-state index is -0.653. The summed E-state index contributed by atoms with van der Waals surface area (Å²) in [5, 5.41) is 1.07. The monoisotopic (exact) mass is 305 g/mol. The Morgan fingerprint density at radius 1 is 1.05 bits per heavy atom. The molecule has 0 radical (unpaired) electrons. The molecule has 0 fully saturated rings. The summed E-state index contributed by atoms with van der Waals surface area (Å²) in [7, 11) is 0. The fourth-order valence-corrected chi connectivity index (χ4v) is 3.33. The second-order valence-corrected chi connectivity index (χ2v) is 5.73. The summed E-state index contributed by atoms with van der Waals surface area (Å²) in [6.45, 7) is 0.648. The van der Waals surface area contributed by atoms with Gasteiger partial charge in [0.15, 0.2) is 0 Å². The van der Waals surface area contributed by atoms with Crippen molar-refractivity contribution in [1.82, 2.24) is 0 Å². The molecule has 0 saturated carbocycles. The van der Waals surface area contributed by atoms with Crippen LogP contribution in [0.3, 0.4) is 0 Å². The lowest BCUT2D eigenvalue weighted by atomic mass is 10.1. The van der Waals surface area contributed by atoms with Gasteiger partial charge < -0.3 is 10.5 Å². The maximum absolute atomic E-state index is 13.2. The Bertz CT molecular complexity index is 765. The first-order chi connectivity index (χ1) is 10.2. The molecule has 21 heavy (non-hydrogen) atoms. The molecule has 0 unspecified atom stereocenters. The average Bonchev–Trinajstić information content (AvgIpc) is 2.82. The summed E-state index contributed by atoms with van der Waals surface area (Å²) in [6, 6.07) is 11.1. The van der Waals surface area contributed by atoms with E-state index in [0.29, 0.717) is 6.54 Å². The minimum Gasteiger partial charge on any atom is -0.489 e. The molecule has 2 aromatic carbocycles. The predicted molar refractivity (Wildman–Crippen MR) is 80.4 cm³/mol. The highest BCUT2D eigenvalue weighted by Crippen LogP contribution is 2.32. The van der Waals surface area contributed by atoms with Gasteiger partial charge >= 0.3 is 0 Å². The zero-order chi connectivity index (χ0) is 14.8. The number of nitrogens with two attached hydrogens (primary N) is 1. The van der Waals surface area contributed by atoms with E-state index in [2.05, 4.69) is 0 Å². The van der Waals surface area contributed by atoms with Crippen molar-refractivity contribution < 1.29 is 13.5 Å². The molecule has 0 aliphatic heterocycles. The summed E-state index contributed by atoms with van der Waals surface area (Å²) in [6.07, 6.45) is 0. The van der Waals surface area contributed by atoms with Crippen molar-refractivity contribution in [2.75, 3.05) is 0 Å². The first-order valence-electron chi connectivity index (χ1n) is 6.45. The van der Waals surface area contributed by atoms with Crippen LogP contribution in [0.25, 0.3) is 10.1 Å². The van der Waals surface area contributed by atoms with Gasteiger partial charge in [-0.05, 0) is 11.5 Å². The first-order valence-corrected chi connectivity index (χ1v) is 7.27. The average molecular weight is 305 g/mol. The van der Waals surface area contributed by atoms with Gasteiger partial charge in [0.05, 0.1) is 0 Å². The molecule has 3 rings (SSSR count). The molecule has 108 valence electrons. The first kappa shape index (κ1) is 14.0. The molecule has 1 heterocycles. The standard InChI is InChI=1S/C16H13F2NOS/c17-10-5-11(18)7-12(6-10)20-9-14-13-3-1-2-4-15(13)21-16(14)8-19/h1-7H,8-9,19H2. The Hall–Kier alpha value is -1.98. The zero-order valence-corrected chi connectivity index (χ0v) is 11.9. The van der Waals surface area contributed by atoms with E-state index >= 15 is 0 Å². The van der Waals surface area contributed by atoms with Crippen molar-refractivity contribution in [3.05, 3.63) is 64.5 Å². The topological polar surface area (TPSA) is 35.2 Å². The van der Waals surface area contributed by atoms with Gasteiger partial charge in [0.2, 0.25) is 0 Å². The summed E-state index contributed by atoms with van der Waals surface area (Å²) in [5.41, 5.74) is 6.74. The number of hydrogen-bond donors (Lipinski definition) is 1. The third-order valence-corrected chi connectivity index (χ3v) is 4.42. The number of fused-ring (bicyclic) bond motifs is 1. The Labute approximate surface area is 124 Å². The molecule has 5 heteroatoms. The SMILES string of the molecule is NCc1sc2ccccc2c1COc1cc(F)cc(F)c1. The van der Waals surface area contributed by atoms with Crippen LogP contribution in [0, 0.1) is 11.6 Å². The number of rotatable bonds is 4. The lowest BCUT2D eigenvalue weighted by Crippen LogP contribution is -2.02. The van der Waals surface area contributed by atoms with Crippen LogP contribution in [0.1, 0.15) is 10.4 Å². The number of benzene rings is 2. The van der Waals surface area contributed by atoms with E-state index in [-0.39, 0.29) is 12.4 Å². The molecule has 2 nitrogen and oxygen atoms in total. The van der Waals surface area contributed by atoms with Gasteiger partial charge in [0, 0.05) is 39.9 Å². The lowest BCUT2D eigenvalue weighted by molar-refractivity contribution is 0.303. The predicted octanol–water partition coefficient (Wildman–Crippen LogP) is 4.22. The molecule has 0 aliphatic carbocycles. The van der Waals surface area contributed by atoms with Crippen molar-refractivity contribution in [3.63, 3.8) is 0 Å². The molecule has 0 bridgehead atoms. The van der Waals surface area contributed by atoms with Crippen LogP contribution in [0.5, 0.6) is 5.75 Å². The van der Waals surface area contributed by atoms with Crippen molar-refractivity contribution in [3.8, 4) is 5.75 Å². The van der Waals surface area contributed by atoms with Crippen LogP contribution in [0.15, 0.2) is 42.5 Å². The zero-order valence-electron chi connectivity index (χ0n) is 11.1. The lowest BCUT2D eigenvalue weighted by Gasteiger charge is -2.08. The molecule has 0 aliphatic rings. The van der Waals surface area contributed by atoms with Crippen molar-refractivity contribution in [2.24, 2.45) is 5.73 Å². The highest BCUT2D eigenvalue weighted by molar-refractivity contribution is 7.19. The van der Waals surface area contributed by atoms with Gasteiger partial charge in [-0.1, -0.05) is 18.2 Å². The van der Waals surface area contributed by atoms with E-state index in [9.17, 15) is 8.78 Å². The summed E-state index contributed by atoms with van der Waals surface area (Å²) in [5.74, 6) is -1.13. The largest absolute Gasteiger partial charge is 0.489 e. The number of ether oxygens (including phenoxy) is 1. The fourth-order valence-electron chi connectivity index (χ4n) is 2.24. The second kappa shape index (κ2) is 5.79. The third kappa shape index (κ3) is 2.89. The number of hydrogen-bond acceptors (Lipinski definition) is 3. The van der Waals surface area contributed by atoms with E-state index in [1.807, 2.05) is 24.3 Å². The highest BCUT2D eigenvalue weighted by atomic mass is 32.1. The second-order valence-electron chi connectivity index (χ2n) is 4.60. The molecule has 1 aromatic heterocycles. The maximum Gasteiger partial charge on any atom is 0.129 e. The molecule has 0 spiro atoms. The van der Waals surface area contributed by atoms with Crippen molar-refractivity contribution >= 4 is 21.4 Å². The minimum absolute atomic E-state index is 0.172. The normalized spacial score (nSPS) is 11.0. The Morgan fingerprint density at radius 3 is 2.48 bits per heavy atom. The molecule has 0 atom stereocenters. The summed E-state index contributed by atoms with van der Waals surface area (Å²) in [4.78, 5) is 1.02. The molecular weight excluding hydrogens is 292 g/mol. The van der Waals surface area contributed by atoms with Gasteiger partial charge in [-0.15, -0.1) is 11.3 Å². The Kier molecular flexibility index (Phi) is 3.86. The third-order valence-electron chi connectivity index (χ3n) is 3.19.